The van der Waals surface area contributed by atoms with Crippen molar-refractivity contribution in [3.63, 3.8) is 0 Å². The molecule has 5 nitrogen and oxygen atoms in total. The van der Waals surface area contributed by atoms with Crippen LogP contribution in [0.15, 0.2) is 12.4 Å². The molecule has 0 fully saturated rings. The number of carbonyl (C=O) groups is 1. The Bertz CT molecular complexity index is 755. The van der Waals surface area contributed by atoms with Crippen LogP contribution in [0.5, 0.6) is 0 Å². The monoisotopic (exact) mass is 361 g/mol. The van der Waals surface area contributed by atoms with Crippen molar-refractivity contribution in [1.82, 2.24) is 14.5 Å². The fraction of sp³-hybridized carbons (Fsp3) is 0.357. The van der Waals surface area contributed by atoms with E-state index in [0.29, 0.717) is 0 Å². The SMILES string of the molecule is Cc1c(-c2ncc(Cl)cn2)c(C(=O)O)n(C(C)C)c1C(F)(F)P. The molecule has 1 unspecified atom stereocenters. The molecule has 23 heavy (non-hydrogen) atoms. The molecular formula is C14H15ClF2N3O2P. The lowest BCUT2D eigenvalue weighted by atomic mass is 10.1. The van der Waals surface area contributed by atoms with Crippen LogP contribution >= 0.6 is 20.8 Å². The maximum absolute atomic E-state index is 14.1. The van der Waals surface area contributed by atoms with Crippen molar-refractivity contribution in [3.8, 4) is 11.4 Å². The van der Waals surface area contributed by atoms with Gasteiger partial charge in [0.05, 0.1) is 16.3 Å². The van der Waals surface area contributed by atoms with Gasteiger partial charge in [0.2, 0.25) is 0 Å². The molecule has 124 valence electrons. The summed E-state index contributed by atoms with van der Waals surface area (Å²) in [4.78, 5) is 19.7. The Balaban J connectivity index is 2.91. The van der Waals surface area contributed by atoms with E-state index < -0.39 is 17.7 Å². The highest BCUT2D eigenvalue weighted by Crippen LogP contribution is 2.44. The summed E-state index contributed by atoms with van der Waals surface area (Å²) in [6.45, 7) is 4.71. The Hall–Kier alpha value is -1.59. The van der Waals surface area contributed by atoms with E-state index >= 15 is 0 Å². The van der Waals surface area contributed by atoms with E-state index in [1.807, 2.05) is 0 Å². The molecule has 1 N–H and O–H groups in total. The predicted octanol–water partition coefficient (Wildman–Crippen LogP) is 4.11. The summed E-state index contributed by atoms with van der Waals surface area (Å²) in [5.74, 6) is -1.28. The zero-order valence-electron chi connectivity index (χ0n) is 12.6. The van der Waals surface area contributed by atoms with Gasteiger partial charge in [-0.1, -0.05) is 20.8 Å². The van der Waals surface area contributed by atoms with Crippen LogP contribution in [0.3, 0.4) is 0 Å². The molecule has 0 bridgehead atoms. The van der Waals surface area contributed by atoms with Gasteiger partial charge >= 0.3 is 5.97 Å². The van der Waals surface area contributed by atoms with Crippen molar-refractivity contribution in [2.75, 3.05) is 0 Å². The molecule has 0 amide bonds. The molecule has 0 aliphatic rings. The number of aromatic carboxylic acids is 1. The van der Waals surface area contributed by atoms with Gasteiger partial charge in [0.15, 0.2) is 5.82 Å². The van der Waals surface area contributed by atoms with E-state index in [1.54, 1.807) is 13.8 Å². The summed E-state index contributed by atoms with van der Waals surface area (Å²) in [6, 6.07) is -0.484. The van der Waals surface area contributed by atoms with E-state index in [2.05, 4.69) is 9.97 Å². The number of alkyl halides is 2. The highest BCUT2D eigenvalue weighted by atomic mass is 35.5. The minimum atomic E-state index is -3.29. The Kier molecular flexibility index (Phi) is 4.74. The van der Waals surface area contributed by atoms with Crippen molar-refractivity contribution in [3.05, 3.63) is 34.4 Å². The molecule has 0 aliphatic heterocycles. The molecule has 0 saturated heterocycles. The highest BCUT2D eigenvalue weighted by molar-refractivity contribution is 7.17. The lowest BCUT2D eigenvalue weighted by molar-refractivity contribution is 0.0674. The van der Waals surface area contributed by atoms with Gasteiger partial charge in [-0.25, -0.2) is 14.8 Å². The van der Waals surface area contributed by atoms with E-state index in [0.717, 1.165) is 4.57 Å². The standard InChI is InChI=1S/C14H15ClF2N3O2P/c1-6(2)20-10(13(21)22)9(7(3)11(20)14(16,17)23)12-18-4-8(15)5-19-12/h4-6H,23H2,1-3H3,(H,21,22). The van der Waals surface area contributed by atoms with Crippen molar-refractivity contribution in [1.29, 1.82) is 0 Å². The molecule has 0 aliphatic carbocycles. The molecule has 0 spiro atoms. The summed E-state index contributed by atoms with van der Waals surface area (Å²) >= 11 is 5.73. The molecule has 9 heteroatoms. The average molecular weight is 362 g/mol. The summed E-state index contributed by atoms with van der Waals surface area (Å²) in [6.07, 6.45) is 2.58. The molecule has 2 aromatic rings. The number of hydrogen-bond donors (Lipinski definition) is 1. The van der Waals surface area contributed by atoms with Crippen molar-refractivity contribution in [2.24, 2.45) is 0 Å². The third kappa shape index (κ3) is 3.21. The molecule has 1 atom stereocenters. The Morgan fingerprint density at radius 1 is 1.39 bits per heavy atom. The smallest absolute Gasteiger partial charge is 0.353 e. The number of rotatable bonds is 4. The maximum atomic E-state index is 14.1. The predicted molar refractivity (Wildman–Crippen MR) is 86.2 cm³/mol. The normalized spacial score (nSPS) is 12.0. The minimum absolute atomic E-state index is 0.0409. The second-order valence-electron chi connectivity index (χ2n) is 5.31. The van der Waals surface area contributed by atoms with Gasteiger partial charge in [0.25, 0.3) is 5.66 Å². The maximum Gasteiger partial charge on any atom is 0.353 e. The van der Waals surface area contributed by atoms with Crippen LogP contribution in [0, 0.1) is 6.92 Å². The number of nitrogens with zero attached hydrogens (tertiary/aromatic N) is 3. The van der Waals surface area contributed by atoms with Crippen LogP contribution < -0.4 is 0 Å². The third-order valence-corrected chi connectivity index (χ3v) is 3.80. The zero-order chi connectivity index (χ0) is 17.5. The number of halogens is 3. The zero-order valence-corrected chi connectivity index (χ0v) is 14.6. The minimum Gasteiger partial charge on any atom is -0.477 e. The summed E-state index contributed by atoms with van der Waals surface area (Å²) in [5.41, 5.74) is -3.75. The molecular weight excluding hydrogens is 347 g/mol. The first-order valence-electron chi connectivity index (χ1n) is 6.68. The number of hydrogen-bond acceptors (Lipinski definition) is 3. The fourth-order valence-corrected chi connectivity index (χ4v) is 3.01. The second kappa shape index (κ2) is 6.13. The van der Waals surface area contributed by atoms with Crippen molar-refractivity contribution < 1.29 is 18.7 Å². The van der Waals surface area contributed by atoms with E-state index in [-0.39, 0.29) is 33.4 Å². The molecule has 0 saturated carbocycles. The molecule has 0 aromatic carbocycles. The van der Waals surface area contributed by atoms with Gasteiger partial charge < -0.3 is 9.67 Å². The van der Waals surface area contributed by atoms with E-state index in [1.165, 1.54) is 28.6 Å². The number of carboxylic acids is 1. The van der Waals surface area contributed by atoms with Crippen molar-refractivity contribution >= 4 is 26.8 Å². The third-order valence-electron chi connectivity index (χ3n) is 3.33. The van der Waals surface area contributed by atoms with Gasteiger partial charge in [0.1, 0.15) is 5.69 Å². The molecule has 2 rings (SSSR count). The van der Waals surface area contributed by atoms with Gasteiger partial charge in [-0.3, -0.25) is 0 Å². The number of carboxylic acid groups (broad SMARTS) is 1. The van der Waals surface area contributed by atoms with Crippen LogP contribution in [0.25, 0.3) is 11.4 Å². The van der Waals surface area contributed by atoms with Crippen molar-refractivity contribution in [2.45, 2.75) is 32.5 Å². The summed E-state index contributed by atoms with van der Waals surface area (Å²) < 4.78 is 29.2. The van der Waals surface area contributed by atoms with Crippen LogP contribution in [0.1, 0.15) is 41.6 Å². The van der Waals surface area contributed by atoms with Gasteiger partial charge in [-0.2, -0.15) is 8.78 Å². The Labute approximate surface area is 138 Å². The topological polar surface area (TPSA) is 68.0 Å². The first-order valence-corrected chi connectivity index (χ1v) is 7.64. The van der Waals surface area contributed by atoms with E-state index in [9.17, 15) is 18.7 Å². The van der Waals surface area contributed by atoms with Crippen LogP contribution in [-0.2, 0) is 5.66 Å². The van der Waals surface area contributed by atoms with Gasteiger partial charge in [-0.15, -0.1) is 0 Å². The quantitative estimate of drug-likeness (QED) is 0.832. The highest BCUT2D eigenvalue weighted by Gasteiger charge is 2.38. The Morgan fingerprint density at radius 3 is 2.30 bits per heavy atom. The second-order valence-corrected chi connectivity index (χ2v) is 6.48. The lowest BCUT2D eigenvalue weighted by Gasteiger charge is -2.20. The van der Waals surface area contributed by atoms with Crippen LogP contribution in [-0.4, -0.2) is 25.6 Å². The lowest BCUT2D eigenvalue weighted by Crippen LogP contribution is -2.19. The van der Waals surface area contributed by atoms with E-state index in [4.69, 9.17) is 11.6 Å². The van der Waals surface area contributed by atoms with Gasteiger partial charge in [-0.05, 0) is 26.3 Å². The molecule has 0 radical (unpaired) electrons. The first-order chi connectivity index (χ1) is 10.6. The summed E-state index contributed by atoms with van der Waals surface area (Å²) in [7, 11) is 1.45. The summed E-state index contributed by atoms with van der Waals surface area (Å²) in [5, 5.41) is 9.83. The molecule has 2 aromatic heterocycles. The number of aromatic nitrogens is 3. The molecule has 2 heterocycles. The fourth-order valence-electron chi connectivity index (χ4n) is 2.56. The average Bonchev–Trinajstić information content (AvgIpc) is 2.73. The van der Waals surface area contributed by atoms with Gasteiger partial charge in [0, 0.05) is 18.4 Å². The Morgan fingerprint density at radius 2 is 1.91 bits per heavy atom. The first kappa shape index (κ1) is 17.8. The van der Waals surface area contributed by atoms with Crippen LogP contribution in [0.2, 0.25) is 5.02 Å². The largest absolute Gasteiger partial charge is 0.477 e. The van der Waals surface area contributed by atoms with Crippen LogP contribution in [0.4, 0.5) is 8.78 Å².